The Labute approximate surface area is 102 Å². The van der Waals surface area contributed by atoms with E-state index in [1.165, 1.54) is 6.33 Å². The van der Waals surface area contributed by atoms with E-state index in [-0.39, 0.29) is 18.0 Å². The van der Waals surface area contributed by atoms with Crippen molar-refractivity contribution >= 4 is 11.2 Å². The number of nitrogens with one attached hydrogen (secondary N) is 2. The van der Waals surface area contributed by atoms with E-state index in [9.17, 15) is 9.59 Å². The average Bonchev–Trinajstić information content (AvgIpc) is 2.72. The minimum absolute atomic E-state index is 0.127. The van der Waals surface area contributed by atoms with Crippen LogP contribution in [0.5, 0.6) is 0 Å². The molecule has 0 aromatic carbocycles. The number of hydrogen-bond acceptors (Lipinski definition) is 4. The maximum atomic E-state index is 11.5. The monoisotopic (exact) mass is 252 g/mol. The number of aromatic amines is 2. The zero-order chi connectivity index (χ0) is 13.1. The average molecular weight is 252 g/mol. The molecule has 3 N–H and O–H groups in total. The first-order chi connectivity index (χ1) is 8.65. The molecule has 1 atom stereocenters. The molecule has 0 unspecified atom stereocenters. The van der Waals surface area contributed by atoms with Crippen molar-refractivity contribution in [2.75, 3.05) is 6.61 Å². The number of rotatable bonds is 5. The summed E-state index contributed by atoms with van der Waals surface area (Å²) in [6.07, 6.45) is 3.13. The Hall–Kier alpha value is -1.89. The lowest BCUT2D eigenvalue weighted by Crippen LogP contribution is -2.23. The molecule has 7 heteroatoms. The van der Waals surface area contributed by atoms with Gasteiger partial charge in [0.1, 0.15) is 5.65 Å². The zero-order valence-electron chi connectivity index (χ0n) is 10.1. The first-order valence-electron chi connectivity index (χ1n) is 5.94. The molecule has 0 amide bonds. The van der Waals surface area contributed by atoms with Crippen LogP contribution < -0.4 is 11.2 Å². The lowest BCUT2D eigenvalue weighted by molar-refractivity contribution is 0.244. The molecular weight excluding hydrogens is 236 g/mol. The minimum atomic E-state index is -0.538. The van der Waals surface area contributed by atoms with E-state index in [0.717, 1.165) is 6.42 Å². The minimum Gasteiger partial charge on any atom is -0.396 e. The summed E-state index contributed by atoms with van der Waals surface area (Å²) in [7, 11) is 0. The molecule has 2 aromatic rings. The highest BCUT2D eigenvalue weighted by molar-refractivity contribution is 5.68. The van der Waals surface area contributed by atoms with Crippen LogP contribution >= 0.6 is 0 Å². The third kappa shape index (κ3) is 2.35. The first kappa shape index (κ1) is 12.6. The molecule has 0 bridgehead atoms. The summed E-state index contributed by atoms with van der Waals surface area (Å²) in [6.45, 7) is 2.78. The predicted octanol–water partition coefficient (Wildman–Crippen LogP) is -0.179. The molecule has 2 rings (SSSR count). The lowest BCUT2D eigenvalue weighted by Gasteiger charge is -2.14. The molecule has 0 saturated carbocycles. The quantitative estimate of drug-likeness (QED) is 0.686. The van der Waals surface area contributed by atoms with Gasteiger partial charge < -0.3 is 9.67 Å². The molecule has 18 heavy (non-hydrogen) atoms. The van der Waals surface area contributed by atoms with Crippen molar-refractivity contribution in [2.45, 2.75) is 26.3 Å². The largest absolute Gasteiger partial charge is 0.396 e. The van der Waals surface area contributed by atoms with Crippen molar-refractivity contribution in [3.8, 4) is 0 Å². The maximum Gasteiger partial charge on any atom is 0.327 e. The maximum absolute atomic E-state index is 11.5. The van der Waals surface area contributed by atoms with Crippen molar-refractivity contribution in [2.24, 2.45) is 5.92 Å². The molecule has 0 fully saturated rings. The Bertz CT molecular complexity index is 640. The summed E-state index contributed by atoms with van der Waals surface area (Å²) < 4.78 is 1.75. The number of hydrogen-bond donors (Lipinski definition) is 3. The van der Waals surface area contributed by atoms with Gasteiger partial charge in [-0.2, -0.15) is 0 Å². The molecule has 2 heterocycles. The Balaban J connectivity index is 2.40. The van der Waals surface area contributed by atoms with Crippen LogP contribution in [0.2, 0.25) is 0 Å². The summed E-state index contributed by atoms with van der Waals surface area (Å²) in [5.74, 6) is 0.287. The lowest BCUT2D eigenvalue weighted by atomic mass is 10.0. The Morgan fingerprint density at radius 1 is 1.44 bits per heavy atom. The highest BCUT2D eigenvalue weighted by Gasteiger charge is 2.12. The van der Waals surface area contributed by atoms with Crippen molar-refractivity contribution < 1.29 is 5.11 Å². The van der Waals surface area contributed by atoms with Gasteiger partial charge in [0, 0.05) is 13.2 Å². The van der Waals surface area contributed by atoms with Crippen LogP contribution in [-0.4, -0.2) is 31.2 Å². The van der Waals surface area contributed by atoms with E-state index < -0.39 is 11.2 Å². The third-order valence-electron chi connectivity index (χ3n) is 3.08. The smallest absolute Gasteiger partial charge is 0.327 e. The molecule has 0 saturated heterocycles. The fourth-order valence-corrected chi connectivity index (χ4v) is 2.00. The second kappa shape index (κ2) is 5.18. The molecule has 98 valence electrons. The number of H-pyrrole nitrogens is 2. The molecule has 0 aliphatic heterocycles. The fraction of sp³-hybridized carbons (Fsp3) is 0.545. The second-order valence-electron chi connectivity index (χ2n) is 4.29. The van der Waals surface area contributed by atoms with Gasteiger partial charge in [-0.05, 0) is 12.3 Å². The van der Waals surface area contributed by atoms with Crippen LogP contribution in [0.1, 0.15) is 19.8 Å². The molecule has 0 aliphatic carbocycles. The van der Waals surface area contributed by atoms with E-state index >= 15 is 0 Å². The molecular formula is C11H16N4O3. The van der Waals surface area contributed by atoms with Gasteiger partial charge >= 0.3 is 5.69 Å². The number of fused-ring (bicyclic) bond motifs is 1. The van der Waals surface area contributed by atoms with E-state index in [1.807, 2.05) is 6.92 Å². The normalized spacial score (nSPS) is 13.0. The number of aliphatic hydroxyl groups is 1. The molecule has 0 aliphatic rings. The molecule has 0 spiro atoms. The van der Waals surface area contributed by atoms with Crippen LogP contribution in [-0.2, 0) is 6.54 Å². The third-order valence-corrected chi connectivity index (χ3v) is 3.08. The highest BCUT2D eigenvalue weighted by atomic mass is 16.3. The zero-order valence-corrected chi connectivity index (χ0v) is 10.1. The van der Waals surface area contributed by atoms with Crippen molar-refractivity contribution in [3.63, 3.8) is 0 Å². The van der Waals surface area contributed by atoms with Gasteiger partial charge in [0.2, 0.25) is 0 Å². The number of aliphatic hydroxyl groups excluding tert-OH is 1. The summed E-state index contributed by atoms with van der Waals surface area (Å²) in [5, 5.41) is 8.96. The molecule has 7 nitrogen and oxygen atoms in total. The number of nitrogens with zero attached hydrogens (tertiary/aromatic N) is 2. The second-order valence-corrected chi connectivity index (χ2v) is 4.29. The van der Waals surface area contributed by atoms with Crippen LogP contribution in [0.3, 0.4) is 0 Å². The van der Waals surface area contributed by atoms with E-state index in [4.69, 9.17) is 5.11 Å². The summed E-state index contributed by atoms with van der Waals surface area (Å²) >= 11 is 0. The van der Waals surface area contributed by atoms with Crippen molar-refractivity contribution in [1.29, 1.82) is 0 Å². The Kier molecular flexibility index (Phi) is 3.61. The van der Waals surface area contributed by atoms with E-state index in [1.54, 1.807) is 4.57 Å². The van der Waals surface area contributed by atoms with E-state index in [0.29, 0.717) is 18.6 Å². The SMILES string of the molecule is CC[C@H](CCO)Cn1cnc2c(=O)[nH]c(=O)[nH]c21. The van der Waals surface area contributed by atoms with Crippen molar-refractivity contribution in [3.05, 3.63) is 27.2 Å². The van der Waals surface area contributed by atoms with Crippen molar-refractivity contribution in [1.82, 2.24) is 19.5 Å². The Morgan fingerprint density at radius 2 is 2.22 bits per heavy atom. The van der Waals surface area contributed by atoms with Gasteiger partial charge in [0.15, 0.2) is 5.52 Å². The summed E-state index contributed by atoms with van der Waals surface area (Å²) in [5.41, 5.74) is -0.360. The van der Waals surface area contributed by atoms with Gasteiger partial charge in [-0.25, -0.2) is 9.78 Å². The molecule has 0 radical (unpaired) electrons. The van der Waals surface area contributed by atoms with Gasteiger partial charge in [-0.15, -0.1) is 0 Å². The standard InChI is InChI=1S/C11H16N4O3/c1-2-7(3-4-16)5-15-6-12-8-9(15)13-11(18)14-10(8)17/h6-7,16H,2-5H2,1H3,(H2,13,14,17,18)/t7-/m1/s1. The van der Waals surface area contributed by atoms with Crippen LogP contribution in [0, 0.1) is 5.92 Å². The van der Waals surface area contributed by atoms with Crippen LogP contribution in [0.4, 0.5) is 0 Å². The Morgan fingerprint density at radius 3 is 2.89 bits per heavy atom. The summed E-state index contributed by atoms with van der Waals surface area (Å²) in [4.78, 5) is 31.5. The van der Waals surface area contributed by atoms with Gasteiger partial charge in [-0.1, -0.05) is 13.3 Å². The van der Waals surface area contributed by atoms with Gasteiger partial charge in [0.05, 0.1) is 6.33 Å². The first-order valence-corrected chi connectivity index (χ1v) is 5.94. The predicted molar refractivity (Wildman–Crippen MR) is 66.5 cm³/mol. The van der Waals surface area contributed by atoms with Crippen LogP contribution in [0.15, 0.2) is 15.9 Å². The van der Waals surface area contributed by atoms with Crippen LogP contribution in [0.25, 0.3) is 11.2 Å². The number of aromatic nitrogens is 4. The summed E-state index contributed by atoms with van der Waals surface area (Å²) in [6, 6.07) is 0. The topological polar surface area (TPSA) is 104 Å². The van der Waals surface area contributed by atoms with Gasteiger partial charge in [-0.3, -0.25) is 14.8 Å². The van der Waals surface area contributed by atoms with E-state index in [2.05, 4.69) is 15.0 Å². The molecule has 2 aromatic heterocycles. The fourth-order valence-electron chi connectivity index (χ4n) is 2.00. The highest BCUT2D eigenvalue weighted by Crippen LogP contribution is 2.13. The van der Waals surface area contributed by atoms with Gasteiger partial charge in [0.25, 0.3) is 5.56 Å². The number of imidazole rings is 1.